The molecule has 1 fully saturated rings. The summed E-state index contributed by atoms with van der Waals surface area (Å²) in [4.78, 5) is 25.6. The van der Waals surface area contributed by atoms with Crippen molar-refractivity contribution in [3.8, 4) is 5.75 Å². The van der Waals surface area contributed by atoms with Crippen LogP contribution in [-0.2, 0) is 4.79 Å². The van der Waals surface area contributed by atoms with Gasteiger partial charge in [-0.15, -0.1) is 0 Å². The summed E-state index contributed by atoms with van der Waals surface area (Å²) in [6, 6.07) is 15.7. The molecular formula is C19H20N2O4. The monoisotopic (exact) mass is 340 g/mol. The Morgan fingerprint density at radius 2 is 1.88 bits per heavy atom. The maximum Gasteiger partial charge on any atom is 0.419 e. The van der Waals surface area contributed by atoms with E-state index in [-0.39, 0.29) is 25.0 Å². The van der Waals surface area contributed by atoms with Gasteiger partial charge in [0.2, 0.25) is 5.91 Å². The molecule has 1 aliphatic carbocycles. The Bertz CT molecular complexity index is 744. The van der Waals surface area contributed by atoms with E-state index in [0.29, 0.717) is 17.1 Å². The number of aliphatic hydroxyl groups is 1. The molecule has 0 radical (unpaired) electrons. The normalized spacial score (nSPS) is 13.2. The zero-order chi connectivity index (χ0) is 17.6. The Kier molecular flexibility index (Phi) is 5.30. The molecule has 6 heteroatoms. The molecule has 0 bridgehead atoms. The average Bonchev–Trinajstić information content (AvgIpc) is 3.46. The van der Waals surface area contributed by atoms with Crippen LogP contribution in [0.3, 0.4) is 0 Å². The molecule has 2 amide bonds. The highest BCUT2D eigenvalue weighted by atomic mass is 16.6. The van der Waals surface area contributed by atoms with E-state index in [0.717, 1.165) is 12.8 Å². The van der Waals surface area contributed by atoms with Gasteiger partial charge in [-0.2, -0.15) is 0 Å². The summed E-state index contributed by atoms with van der Waals surface area (Å²) in [5.74, 6) is 0.427. The Labute approximate surface area is 146 Å². The second kappa shape index (κ2) is 7.81. The molecule has 0 spiro atoms. The first-order chi connectivity index (χ1) is 12.2. The lowest BCUT2D eigenvalue weighted by atomic mass is 10.3. The molecule has 0 aromatic heterocycles. The molecule has 0 heterocycles. The van der Waals surface area contributed by atoms with Gasteiger partial charge in [0.25, 0.3) is 0 Å². The number of carbonyl (C=O) groups excluding carboxylic acids is 2. The first-order valence-electron chi connectivity index (χ1n) is 8.23. The number of benzene rings is 2. The van der Waals surface area contributed by atoms with Gasteiger partial charge in [-0.3, -0.25) is 9.69 Å². The van der Waals surface area contributed by atoms with E-state index in [1.54, 1.807) is 48.5 Å². The molecule has 2 N–H and O–H groups in total. The van der Waals surface area contributed by atoms with Crippen molar-refractivity contribution in [1.29, 1.82) is 0 Å². The number of hydrogen-bond donors (Lipinski definition) is 2. The molecule has 0 saturated heterocycles. The van der Waals surface area contributed by atoms with Gasteiger partial charge in [0, 0.05) is 23.4 Å². The van der Waals surface area contributed by atoms with Gasteiger partial charge in [-0.1, -0.05) is 24.3 Å². The third-order valence-electron chi connectivity index (χ3n) is 3.87. The molecule has 130 valence electrons. The third-order valence-corrected chi connectivity index (χ3v) is 3.87. The molecule has 0 unspecified atom stereocenters. The van der Waals surface area contributed by atoms with E-state index in [1.807, 2.05) is 6.07 Å². The standard InChI is InChI=1S/C19H20N2O4/c22-12-11-21(16-6-2-1-3-7-16)19(24)25-17-8-4-5-15(13-17)20-18(23)14-9-10-14/h1-8,13-14,22H,9-12H2,(H,20,23). The molecule has 1 saturated carbocycles. The predicted octanol–water partition coefficient (Wildman–Crippen LogP) is 3.03. The smallest absolute Gasteiger partial charge is 0.410 e. The van der Waals surface area contributed by atoms with Gasteiger partial charge in [-0.25, -0.2) is 4.79 Å². The largest absolute Gasteiger partial charge is 0.419 e. The number of amides is 2. The SMILES string of the molecule is O=C(Nc1cccc(OC(=O)N(CCO)c2ccccc2)c1)C1CC1. The number of hydrogen-bond acceptors (Lipinski definition) is 4. The molecule has 6 nitrogen and oxygen atoms in total. The van der Waals surface area contributed by atoms with Crippen LogP contribution in [-0.4, -0.2) is 30.3 Å². The molecule has 0 aliphatic heterocycles. The predicted molar refractivity (Wildman–Crippen MR) is 94.7 cm³/mol. The van der Waals surface area contributed by atoms with Crippen LogP contribution >= 0.6 is 0 Å². The fourth-order valence-corrected chi connectivity index (χ4v) is 2.42. The number of nitrogens with zero attached hydrogens (tertiary/aromatic N) is 1. The molecule has 3 rings (SSSR count). The third kappa shape index (κ3) is 4.58. The van der Waals surface area contributed by atoms with E-state index in [4.69, 9.17) is 4.74 Å². The summed E-state index contributed by atoms with van der Waals surface area (Å²) in [5.41, 5.74) is 1.23. The first-order valence-corrected chi connectivity index (χ1v) is 8.23. The van der Waals surface area contributed by atoms with Crippen molar-refractivity contribution >= 4 is 23.4 Å². The summed E-state index contributed by atoms with van der Waals surface area (Å²) in [7, 11) is 0. The fourth-order valence-electron chi connectivity index (χ4n) is 2.42. The zero-order valence-electron chi connectivity index (χ0n) is 13.7. The quantitative estimate of drug-likeness (QED) is 0.847. The van der Waals surface area contributed by atoms with Crippen molar-refractivity contribution in [1.82, 2.24) is 0 Å². The van der Waals surface area contributed by atoms with Crippen LogP contribution in [0, 0.1) is 5.92 Å². The van der Waals surface area contributed by atoms with Crippen LogP contribution in [0.4, 0.5) is 16.2 Å². The lowest BCUT2D eigenvalue weighted by Crippen LogP contribution is -2.35. The summed E-state index contributed by atoms with van der Waals surface area (Å²) in [6.07, 6.45) is 1.26. The van der Waals surface area contributed by atoms with Crippen molar-refractivity contribution in [3.05, 3.63) is 54.6 Å². The Balaban J connectivity index is 1.69. The molecular weight excluding hydrogens is 320 g/mol. The van der Waals surface area contributed by atoms with Crippen molar-refractivity contribution in [3.63, 3.8) is 0 Å². The maximum atomic E-state index is 12.5. The number of carbonyl (C=O) groups is 2. The van der Waals surface area contributed by atoms with E-state index in [1.165, 1.54) is 4.90 Å². The van der Waals surface area contributed by atoms with Crippen LogP contribution in [0.5, 0.6) is 5.75 Å². The average molecular weight is 340 g/mol. The van der Waals surface area contributed by atoms with E-state index in [2.05, 4.69) is 5.32 Å². The minimum Gasteiger partial charge on any atom is -0.410 e. The van der Waals surface area contributed by atoms with Gasteiger partial charge >= 0.3 is 6.09 Å². The lowest BCUT2D eigenvalue weighted by Gasteiger charge is -2.21. The summed E-state index contributed by atoms with van der Waals surface area (Å²) >= 11 is 0. The van der Waals surface area contributed by atoms with Gasteiger partial charge in [0.1, 0.15) is 5.75 Å². The highest BCUT2D eigenvalue weighted by Gasteiger charge is 2.29. The second-order valence-electron chi connectivity index (χ2n) is 5.87. The molecule has 25 heavy (non-hydrogen) atoms. The minimum atomic E-state index is -0.592. The van der Waals surface area contributed by atoms with Crippen molar-refractivity contribution in [2.45, 2.75) is 12.8 Å². The maximum absolute atomic E-state index is 12.5. The highest BCUT2D eigenvalue weighted by Crippen LogP contribution is 2.30. The van der Waals surface area contributed by atoms with Crippen LogP contribution in [0.15, 0.2) is 54.6 Å². The number of ether oxygens (including phenoxy) is 1. The van der Waals surface area contributed by atoms with Crippen LogP contribution in [0.1, 0.15) is 12.8 Å². The molecule has 2 aromatic rings. The zero-order valence-corrected chi connectivity index (χ0v) is 13.7. The minimum absolute atomic E-state index is 0.00494. The number of anilines is 2. The van der Waals surface area contributed by atoms with E-state index < -0.39 is 6.09 Å². The van der Waals surface area contributed by atoms with Gasteiger partial charge in [0.15, 0.2) is 0 Å². The molecule has 2 aromatic carbocycles. The summed E-state index contributed by atoms with van der Waals surface area (Å²) < 4.78 is 5.41. The van der Waals surface area contributed by atoms with Crippen molar-refractivity contribution < 1.29 is 19.4 Å². The van der Waals surface area contributed by atoms with Gasteiger partial charge in [0.05, 0.1) is 13.2 Å². The number of aliphatic hydroxyl groups excluding tert-OH is 1. The van der Waals surface area contributed by atoms with Crippen LogP contribution < -0.4 is 15.0 Å². The fraction of sp³-hybridized carbons (Fsp3) is 0.263. The number of para-hydroxylation sites is 1. The van der Waals surface area contributed by atoms with E-state index in [9.17, 15) is 14.7 Å². The molecule has 0 atom stereocenters. The Morgan fingerprint density at radius 3 is 2.56 bits per heavy atom. The van der Waals surface area contributed by atoms with Gasteiger partial charge < -0.3 is 15.2 Å². The Hall–Kier alpha value is -2.86. The second-order valence-corrected chi connectivity index (χ2v) is 5.87. The number of nitrogens with one attached hydrogen (secondary N) is 1. The highest BCUT2D eigenvalue weighted by molar-refractivity contribution is 5.94. The number of rotatable bonds is 6. The topological polar surface area (TPSA) is 78.9 Å². The summed E-state index contributed by atoms with van der Waals surface area (Å²) in [6.45, 7) is -0.0531. The molecule has 1 aliphatic rings. The first kappa shape index (κ1) is 17.0. The lowest BCUT2D eigenvalue weighted by molar-refractivity contribution is -0.117. The Morgan fingerprint density at radius 1 is 1.12 bits per heavy atom. The van der Waals surface area contributed by atoms with Crippen molar-refractivity contribution in [2.75, 3.05) is 23.4 Å². The van der Waals surface area contributed by atoms with E-state index >= 15 is 0 Å². The van der Waals surface area contributed by atoms with Gasteiger partial charge in [-0.05, 0) is 37.1 Å². The van der Waals surface area contributed by atoms with Crippen LogP contribution in [0.2, 0.25) is 0 Å². The summed E-state index contributed by atoms with van der Waals surface area (Å²) in [5, 5.41) is 12.0. The van der Waals surface area contributed by atoms with Crippen molar-refractivity contribution in [2.24, 2.45) is 5.92 Å². The van der Waals surface area contributed by atoms with Crippen LogP contribution in [0.25, 0.3) is 0 Å².